The number of rotatable bonds is 6. The predicted molar refractivity (Wildman–Crippen MR) is 102 cm³/mol. The van der Waals surface area contributed by atoms with Crippen molar-refractivity contribution in [3.63, 3.8) is 0 Å². The van der Waals surface area contributed by atoms with Gasteiger partial charge in [-0.1, -0.05) is 30.3 Å². The van der Waals surface area contributed by atoms with Crippen LogP contribution in [0, 0.1) is 5.92 Å². The van der Waals surface area contributed by atoms with Crippen molar-refractivity contribution >= 4 is 5.96 Å². The number of hydrogen-bond acceptors (Lipinski definition) is 2. The van der Waals surface area contributed by atoms with E-state index in [-0.39, 0.29) is 0 Å². The molecular formula is C20H32N4. The molecule has 0 spiro atoms. The van der Waals surface area contributed by atoms with E-state index in [1.165, 1.54) is 24.8 Å². The van der Waals surface area contributed by atoms with Gasteiger partial charge in [0.15, 0.2) is 5.96 Å². The van der Waals surface area contributed by atoms with Crippen LogP contribution in [0.15, 0.2) is 35.3 Å². The molecule has 2 unspecified atom stereocenters. The molecule has 4 nitrogen and oxygen atoms in total. The summed E-state index contributed by atoms with van der Waals surface area (Å²) in [5, 5.41) is 3.51. The van der Waals surface area contributed by atoms with Gasteiger partial charge in [0, 0.05) is 31.6 Å². The quantitative estimate of drug-likeness (QED) is 0.643. The van der Waals surface area contributed by atoms with Crippen molar-refractivity contribution in [1.29, 1.82) is 0 Å². The predicted octanol–water partition coefficient (Wildman–Crippen LogP) is 2.78. The highest BCUT2D eigenvalue weighted by Gasteiger charge is 2.33. The zero-order valence-corrected chi connectivity index (χ0v) is 15.4. The molecular weight excluding hydrogens is 296 g/mol. The Morgan fingerprint density at radius 2 is 2.00 bits per heavy atom. The van der Waals surface area contributed by atoms with Gasteiger partial charge in [-0.25, -0.2) is 0 Å². The molecule has 0 bridgehead atoms. The smallest absolute Gasteiger partial charge is 0.193 e. The number of guanidine groups is 1. The summed E-state index contributed by atoms with van der Waals surface area (Å²) in [7, 11) is 4.37. The van der Waals surface area contributed by atoms with Gasteiger partial charge in [-0.3, -0.25) is 4.99 Å². The van der Waals surface area contributed by atoms with Gasteiger partial charge in [0.1, 0.15) is 0 Å². The first-order valence-corrected chi connectivity index (χ1v) is 9.43. The normalized spacial score (nSPS) is 22.9. The van der Waals surface area contributed by atoms with Crippen molar-refractivity contribution in [1.82, 2.24) is 15.1 Å². The van der Waals surface area contributed by atoms with Crippen molar-refractivity contribution in [3.8, 4) is 0 Å². The van der Waals surface area contributed by atoms with E-state index in [0.29, 0.717) is 12.0 Å². The molecule has 1 saturated carbocycles. The van der Waals surface area contributed by atoms with Crippen LogP contribution in [0.25, 0.3) is 0 Å². The molecule has 1 aromatic rings. The van der Waals surface area contributed by atoms with Crippen molar-refractivity contribution in [2.24, 2.45) is 10.9 Å². The molecule has 1 heterocycles. The maximum Gasteiger partial charge on any atom is 0.193 e. The highest BCUT2D eigenvalue weighted by molar-refractivity contribution is 5.80. The highest BCUT2D eigenvalue weighted by Crippen LogP contribution is 2.34. The van der Waals surface area contributed by atoms with Crippen LogP contribution in [0.3, 0.4) is 0 Å². The van der Waals surface area contributed by atoms with E-state index in [2.05, 4.69) is 66.5 Å². The van der Waals surface area contributed by atoms with Crippen LogP contribution in [-0.2, 0) is 0 Å². The van der Waals surface area contributed by atoms with Gasteiger partial charge >= 0.3 is 0 Å². The monoisotopic (exact) mass is 328 g/mol. The summed E-state index contributed by atoms with van der Waals surface area (Å²) in [5.41, 5.74) is 1.46. The van der Waals surface area contributed by atoms with Crippen LogP contribution in [0.1, 0.15) is 37.7 Å². The van der Waals surface area contributed by atoms with E-state index >= 15 is 0 Å². The molecule has 1 saturated heterocycles. The molecule has 0 aromatic heterocycles. The molecule has 1 aromatic carbocycles. The van der Waals surface area contributed by atoms with Gasteiger partial charge in [0.05, 0.1) is 6.54 Å². The summed E-state index contributed by atoms with van der Waals surface area (Å²) in [6, 6.07) is 11.5. The molecule has 0 radical (unpaired) electrons. The second-order valence-corrected chi connectivity index (χ2v) is 7.41. The van der Waals surface area contributed by atoms with Gasteiger partial charge < -0.3 is 15.1 Å². The number of likely N-dealkylation sites (N-methyl/N-ethyl adjacent to an activating group) is 1. The van der Waals surface area contributed by atoms with Gasteiger partial charge in [-0.2, -0.15) is 0 Å². The first-order chi connectivity index (χ1) is 11.7. The molecule has 4 heteroatoms. The fourth-order valence-corrected chi connectivity index (χ4v) is 3.77. The third-order valence-corrected chi connectivity index (χ3v) is 5.35. The van der Waals surface area contributed by atoms with Crippen LogP contribution in [0.5, 0.6) is 0 Å². The van der Waals surface area contributed by atoms with Gasteiger partial charge in [0.2, 0.25) is 0 Å². The van der Waals surface area contributed by atoms with Crippen molar-refractivity contribution in [2.45, 2.75) is 38.1 Å². The zero-order valence-electron chi connectivity index (χ0n) is 15.4. The average molecular weight is 329 g/mol. The number of aliphatic imine (C=N–C) groups is 1. The SMILES string of the molecule is CCNC(=NCC(C1CC1)N(C)C)N1CCC(c2ccccc2)C1. The van der Waals surface area contributed by atoms with E-state index in [0.717, 1.165) is 38.1 Å². The molecule has 1 aliphatic carbocycles. The van der Waals surface area contributed by atoms with Crippen LogP contribution in [0.4, 0.5) is 0 Å². The standard InChI is InChI=1S/C20H32N4/c1-4-21-20(22-14-19(23(2)3)17-10-11-17)24-13-12-18(15-24)16-8-6-5-7-9-16/h5-9,17-19H,4,10-15H2,1-3H3,(H,21,22). The summed E-state index contributed by atoms with van der Waals surface area (Å²) in [6.45, 7) is 6.17. The summed E-state index contributed by atoms with van der Waals surface area (Å²) in [5.74, 6) is 2.58. The Kier molecular flexibility index (Phi) is 5.77. The first-order valence-electron chi connectivity index (χ1n) is 9.43. The van der Waals surface area contributed by atoms with Gasteiger partial charge in [-0.05, 0) is 51.8 Å². The molecule has 2 atom stereocenters. The Morgan fingerprint density at radius 3 is 2.62 bits per heavy atom. The number of nitrogens with one attached hydrogen (secondary N) is 1. The van der Waals surface area contributed by atoms with Crippen LogP contribution >= 0.6 is 0 Å². The van der Waals surface area contributed by atoms with Crippen molar-refractivity contribution in [3.05, 3.63) is 35.9 Å². The minimum Gasteiger partial charge on any atom is -0.357 e. The summed E-state index contributed by atoms with van der Waals surface area (Å²) in [4.78, 5) is 9.79. The summed E-state index contributed by atoms with van der Waals surface area (Å²) >= 11 is 0. The topological polar surface area (TPSA) is 30.9 Å². The maximum absolute atomic E-state index is 5.00. The van der Waals surface area contributed by atoms with Gasteiger partial charge in [-0.15, -0.1) is 0 Å². The lowest BCUT2D eigenvalue weighted by atomic mass is 9.99. The van der Waals surface area contributed by atoms with Crippen molar-refractivity contribution in [2.75, 3.05) is 40.3 Å². The van der Waals surface area contributed by atoms with E-state index < -0.39 is 0 Å². The number of nitrogens with zero attached hydrogens (tertiary/aromatic N) is 3. The molecule has 3 rings (SSSR count). The molecule has 24 heavy (non-hydrogen) atoms. The fraction of sp³-hybridized carbons (Fsp3) is 0.650. The highest BCUT2D eigenvalue weighted by atomic mass is 15.3. The lowest BCUT2D eigenvalue weighted by molar-refractivity contribution is 0.270. The fourth-order valence-electron chi connectivity index (χ4n) is 3.77. The molecule has 132 valence electrons. The van der Waals surface area contributed by atoms with Crippen LogP contribution in [0.2, 0.25) is 0 Å². The Labute approximate surface area is 146 Å². The van der Waals surface area contributed by atoms with E-state index in [1.54, 1.807) is 0 Å². The Balaban J connectivity index is 1.64. The number of hydrogen-bond donors (Lipinski definition) is 1. The molecule has 0 amide bonds. The Hall–Kier alpha value is -1.55. The van der Waals surface area contributed by atoms with Crippen molar-refractivity contribution < 1.29 is 0 Å². The van der Waals surface area contributed by atoms with E-state index in [9.17, 15) is 0 Å². The first kappa shape index (κ1) is 17.3. The minimum atomic E-state index is 0.589. The largest absolute Gasteiger partial charge is 0.357 e. The molecule has 2 aliphatic rings. The van der Waals surface area contributed by atoms with Crippen LogP contribution < -0.4 is 5.32 Å². The Morgan fingerprint density at radius 1 is 1.25 bits per heavy atom. The number of benzene rings is 1. The Bertz CT molecular complexity index is 534. The minimum absolute atomic E-state index is 0.589. The number of likely N-dealkylation sites (tertiary alicyclic amines) is 1. The lowest BCUT2D eigenvalue weighted by Gasteiger charge is -2.25. The summed E-state index contributed by atoms with van der Waals surface area (Å²) < 4.78 is 0. The van der Waals surface area contributed by atoms with Crippen LogP contribution in [-0.4, -0.2) is 62.1 Å². The van der Waals surface area contributed by atoms with E-state index in [1.807, 2.05) is 0 Å². The second kappa shape index (κ2) is 8.02. The lowest BCUT2D eigenvalue weighted by Crippen LogP contribution is -2.41. The molecule has 1 aliphatic heterocycles. The average Bonchev–Trinajstić information content (AvgIpc) is 3.30. The molecule has 2 fully saturated rings. The summed E-state index contributed by atoms with van der Waals surface area (Å²) in [6.07, 6.45) is 3.96. The van der Waals surface area contributed by atoms with Gasteiger partial charge in [0.25, 0.3) is 0 Å². The molecule has 1 N–H and O–H groups in total. The van der Waals surface area contributed by atoms with E-state index in [4.69, 9.17) is 4.99 Å². The third kappa shape index (κ3) is 4.29. The zero-order chi connectivity index (χ0) is 16.9. The maximum atomic E-state index is 5.00. The third-order valence-electron chi connectivity index (χ3n) is 5.35. The second-order valence-electron chi connectivity index (χ2n) is 7.41.